The number of likely N-dealkylation sites (tertiary alicyclic amines) is 1. The van der Waals surface area contributed by atoms with Gasteiger partial charge in [-0.25, -0.2) is 0 Å². The molecule has 25 heavy (non-hydrogen) atoms. The lowest BCUT2D eigenvalue weighted by Gasteiger charge is -2.33. The molecule has 138 valence electrons. The topological polar surface area (TPSA) is 55.8 Å². The van der Waals surface area contributed by atoms with Gasteiger partial charge in [0.15, 0.2) is 5.92 Å². The van der Waals surface area contributed by atoms with Crippen LogP contribution < -0.4 is 0 Å². The minimum atomic E-state index is -0.842. The molecule has 0 bridgehead atoms. The van der Waals surface area contributed by atoms with E-state index in [4.69, 9.17) is 9.47 Å². The first-order valence-electron chi connectivity index (χ1n) is 9.23. The number of rotatable bonds is 8. The Hall–Kier alpha value is -1.88. The third-order valence-corrected chi connectivity index (χ3v) is 4.66. The Balaban J connectivity index is 1.85. The highest BCUT2D eigenvalue weighted by Gasteiger charge is 2.32. The molecule has 5 heteroatoms. The van der Waals surface area contributed by atoms with Crippen molar-refractivity contribution in [2.24, 2.45) is 11.8 Å². The van der Waals surface area contributed by atoms with Gasteiger partial charge < -0.3 is 14.4 Å². The highest BCUT2D eigenvalue weighted by Crippen LogP contribution is 2.22. The average Bonchev–Trinajstić information content (AvgIpc) is 2.62. The summed E-state index contributed by atoms with van der Waals surface area (Å²) in [6.45, 7) is 6.21. The molecule has 1 fully saturated rings. The van der Waals surface area contributed by atoms with Crippen molar-refractivity contribution in [1.82, 2.24) is 4.90 Å². The molecule has 2 rings (SSSR count). The lowest BCUT2D eigenvalue weighted by molar-refractivity contribution is -0.162. The van der Waals surface area contributed by atoms with Crippen molar-refractivity contribution in [2.45, 2.75) is 33.1 Å². The van der Waals surface area contributed by atoms with Crippen LogP contribution in [0, 0.1) is 11.8 Å². The summed E-state index contributed by atoms with van der Waals surface area (Å²) in [6.07, 6.45) is 3.24. The van der Waals surface area contributed by atoms with Gasteiger partial charge in [-0.3, -0.25) is 9.59 Å². The summed E-state index contributed by atoms with van der Waals surface area (Å²) in [5, 5.41) is 0. The average molecular weight is 347 g/mol. The molecule has 5 nitrogen and oxygen atoms in total. The standard InChI is InChI=1S/C20H29NO4/c1-3-24-19(22)18(20(23)25-4-2)15-21-12-10-17(11-13-21)14-16-8-6-5-7-9-16/h5-9,17-18H,3-4,10-15H2,1-2H3. The predicted molar refractivity (Wildman–Crippen MR) is 96.1 cm³/mol. The molecule has 0 radical (unpaired) electrons. The van der Waals surface area contributed by atoms with Crippen LogP contribution in [0.4, 0.5) is 0 Å². The molecule has 0 aromatic heterocycles. The molecule has 1 saturated heterocycles. The van der Waals surface area contributed by atoms with Crippen LogP contribution >= 0.6 is 0 Å². The first-order chi connectivity index (χ1) is 12.1. The summed E-state index contributed by atoms with van der Waals surface area (Å²) in [5.74, 6) is -1.15. The van der Waals surface area contributed by atoms with Crippen LogP contribution in [0.25, 0.3) is 0 Å². The zero-order valence-corrected chi connectivity index (χ0v) is 15.3. The van der Waals surface area contributed by atoms with Crippen molar-refractivity contribution in [3.63, 3.8) is 0 Å². The Kier molecular flexibility index (Phi) is 7.92. The number of esters is 2. The third-order valence-electron chi connectivity index (χ3n) is 4.66. The SMILES string of the molecule is CCOC(=O)C(CN1CCC(Cc2ccccc2)CC1)C(=O)OCC. The second kappa shape index (κ2) is 10.2. The van der Waals surface area contributed by atoms with Gasteiger partial charge in [-0.2, -0.15) is 0 Å². The number of hydrogen-bond acceptors (Lipinski definition) is 5. The van der Waals surface area contributed by atoms with Crippen molar-refractivity contribution in [1.29, 1.82) is 0 Å². The van der Waals surface area contributed by atoms with Gasteiger partial charge in [0.1, 0.15) is 0 Å². The zero-order chi connectivity index (χ0) is 18.1. The molecule has 1 aromatic rings. The smallest absolute Gasteiger partial charge is 0.321 e. The van der Waals surface area contributed by atoms with Gasteiger partial charge in [0.05, 0.1) is 13.2 Å². The summed E-state index contributed by atoms with van der Waals surface area (Å²) in [7, 11) is 0. The van der Waals surface area contributed by atoms with Gasteiger partial charge in [-0.15, -0.1) is 0 Å². The maximum absolute atomic E-state index is 12.1. The van der Waals surface area contributed by atoms with Gasteiger partial charge in [0.25, 0.3) is 0 Å². The van der Waals surface area contributed by atoms with Crippen molar-refractivity contribution in [2.75, 3.05) is 32.8 Å². The fourth-order valence-electron chi connectivity index (χ4n) is 3.31. The molecule has 0 spiro atoms. The number of piperidine rings is 1. The molecule has 0 saturated carbocycles. The van der Waals surface area contributed by atoms with E-state index >= 15 is 0 Å². The molecule has 0 unspecified atom stereocenters. The van der Waals surface area contributed by atoms with Crippen LogP contribution in [0.3, 0.4) is 0 Å². The maximum Gasteiger partial charge on any atom is 0.321 e. The summed E-state index contributed by atoms with van der Waals surface area (Å²) in [6, 6.07) is 10.5. The van der Waals surface area contributed by atoms with Gasteiger partial charge >= 0.3 is 11.9 Å². The zero-order valence-electron chi connectivity index (χ0n) is 15.3. The summed E-state index contributed by atoms with van der Waals surface area (Å²) >= 11 is 0. The number of nitrogens with zero attached hydrogens (tertiary/aromatic N) is 1. The van der Waals surface area contributed by atoms with Gasteiger partial charge in [0, 0.05) is 6.54 Å². The van der Waals surface area contributed by atoms with E-state index in [9.17, 15) is 9.59 Å². The van der Waals surface area contributed by atoms with Crippen LogP contribution in [0.15, 0.2) is 30.3 Å². The monoisotopic (exact) mass is 347 g/mol. The molecule has 1 aliphatic heterocycles. The van der Waals surface area contributed by atoms with E-state index < -0.39 is 17.9 Å². The van der Waals surface area contributed by atoms with E-state index in [1.807, 2.05) is 6.07 Å². The highest BCUT2D eigenvalue weighted by molar-refractivity contribution is 5.95. The van der Waals surface area contributed by atoms with E-state index in [-0.39, 0.29) is 13.2 Å². The molecular weight excluding hydrogens is 318 g/mol. The number of carbonyl (C=O) groups is 2. The van der Waals surface area contributed by atoms with Gasteiger partial charge in [-0.05, 0) is 57.7 Å². The van der Waals surface area contributed by atoms with Crippen LogP contribution in [0.1, 0.15) is 32.3 Å². The Morgan fingerprint density at radius 1 is 1.04 bits per heavy atom. The Morgan fingerprint density at radius 2 is 1.60 bits per heavy atom. The Morgan fingerprint density at radius 3 is 2.12 bits per heavy atom. The lowest BCUT2D eigenvalue weighted by Crippen LogP contribution is -2.43. The second-order valence-corrected chi connectivity index (χ2v) is 6.49. The van der Waals surface area contributed by atoms with E-state index in [0.717, 1.165) is 32.4 Å². The molecule has 0 aliphatic carbocycles. The molecule has 0 N–H and O–H groups in total. The Labute approximate surface area is 150 Å². The van der Waals surface area contributed by atoms with Crippen molar-refractivity contribution >= 4 is 11.9 Å². The lowest BCUT2D eigenvalue weighted by atomic mass is 9.90. The molecule has 1 aromatic carbocycles. The minimum Gasteiger partial charge on any atom is -0.465 e. The maximum atomic E-state index is 12.1. The molecule has 1 aliphatic rings. The molecule has 1 heterocycles. The molecular formula is C20H29NO4. The predicted octanol–water partition coefficient (Wildman–Crippen LogP) is 2.68. The van der Waals surface area contributed by atoms with Crippen molar-refractivity contribution in [3.05, 3.63) is 35.9 Å². The van der Waals surface area contributed by atoms with Crippen LogP contribution in [0.2, 0.25) is 0 Å². The second-order valence-electron chi connectivity index (χ2n) is 6.49. The molecule has 0 atom stereocenters. The van der Waals surface area contributed by atoms with Crippen molar-refractivity contribution < 1.29 is 19.1 Å². The fraction of sp³-hybridized carbons (Fsp3) is 0.600. The van der Waals surface area contributed by atoms with Crippen molar-refractivity contribution in [3.8, 4) is 0 Å². The number of carbonyl (C=O) groups excluding carboxylic acids is 2. The van der Waals surface area contributed by atoms with E-state index in [0.29, 0.717) is 12.5 Å². The normalized spacial score (nSPS) is 16.0. The first kappa shape index (κ1) is 19.4. The number of hydrogen-bond donors (Lipinski definition) is 0. The van der Waals surface area contributed by atoms with Gasteiger partial charge in [0.2, 0.25) is 0 Å². The molecule has 0 amide bonds. The van der Waals surface area contributed by atoms with Crippen LogP contribution in [-0.2, 0) is 25.5 Å². The summed E-state index contributed by atoms with van der Waals surface area (Å²) < 4.78 is 10.1. The Bertz CT molecular complexity index is 520. The summed E-state index contributed by atoms with van der Waals surface area (Å²) in [5.41, 5.74) is 1.37. The van der Waals surface area contributed by atoms with Gasteiger partial charge in [-0.1, -0.05) is 30.3 Å². The quantitative estimate of drug-likeness (QED) is 0.534. The highest BCUT2D eigenvalue weighted by atomic mass is 16.6. The number of ether oxygens (including phenoxy) is 2. The van der Waals surface area contributed by atoms with Crippen LogP contribution in [-0.4, -0.2) is 49.7 Å². The van der Waals surface area contributed by atoms with Crippen LogP contribution in [0.5, 0.6) is 0 Å². The number of benzene rings is 1. The van der Waals surface area contributed by atoms with E-state index in [1.165, 1.54) is 5.56 Å². The minimum absolute atomic E-state index is 0.272. The third kappa shape index (κ3) is 6.16. The largest absolute Gasteiger partial charge is 0.465 e. The van der Waals surface area contributed by atoms with E-state index in [1.54, 1.807) is 13.8 Å². The first-order valence-corrected chi connectivity index (χ1v) is 9.23. The summed E-state index contributed by atoms with van der Waals surface area (Å²) in [4.78, 5) is 26.4. The van der Waals surface area contributed by atoms with E-state index in [2.05, 4.69) is 29.2 Å². The fourth-order valence-corrected chi connectivity index (χ4v) is 3.31.